The normalized spacial score (nSPS) is 13.5. The van der Waals surface area contributed by atoms with Crippen molar-refractivity contribution < 1.29 is 9.53 Å². The number of ether oxygens (including phenoxy) is 1. The van der Waals surface area contributed by atoms with Crippen LogP contribution in [-0.2, 0) is 11.3 Å². The second kappa shape index (κ2) is 10.00. The molecule has 2 heterocycles. The first-order valence-corrected chi connectivity index (χ1v) is 10.7. The maximum absolute atomic E-state index is 12.3. The van der Waals surface area contributed by atoms with Crippen molar-refractivity contribution >= 4 is 17.6 Å². The fourth-order valence-corrected chi connectivity index (χ4v) is 3.73. The van der Waals surface area contributed by atoms with Crippen LogP contribution in [0.4, 0.5) is 5.69 Å². The molecule has 0 unspecified atom stereocenters. The van der Waals surface area contributed by atoms with Gasteiger partial charge in [-0.3, -0.25) is 9.79 Å². The second-order valence-corrected chi connectivity index (χ2v) is 7.61. The number of para-hydroxylation sites is 3. The lowest BCUT2D eigenvalue weighted by atomic mass is 10.2. The third-order valence-electron chi connectivity index (χ3n) is 5.30. The number of guanidine groups is 1. The minimum atomic E-state index is -0.0133. The first-order valence-electron chi connectivity index (χ1n) is 10.7. The van der Waals surface area contributed by atoms with Crippen LogP contribution in [0.2, 0.25) is 0 Å². The Morgan fingerprint density at radius 2 is 1.97 bits per heavy atom. The Morgan fingerprint density at radius 1 is 1.19 bits per heavy atom. The molecule has 0 atom stereocenters. The number of hydrogen-bond acceptors (Lipinski definition) is 4. The number of amides is 1. The van der Waals surface area contributed by atoms with E-state index in [4.69, 9.17) is 4.74 Å². The summed E-state index contributed by atoms with van der Waals surface area (Å²) in [5.41, 5.74) is 2.96. The molecule has 3 aromatic rings. The predicted molar refractivity (Wildman–Crippen MR) is 125 cm³/mol. The summed E-state index contributed by atoms with van der Waals surface area (Å²) in [4.78, 5) is 20.5. The van der Waals surface area contributed by atoms with Crippen molar-refractivity contribution in [1.82, 2.24) is 20.0 Å². The van der Waals surface area contributed by atoms with Crippen LogP contribution in [0, 0.1) is 0 Å². The zero-order valence-corrected chi connectivity index (χ0v) is 18.4. The number of fused-ring (bicyclic) bond motifs is 1. The van der Waals surface area contributed by atoms with E-state index in [1.54, 1.807) is 11.9 Å². The van der Waals surface area contributed by atoms with Gasteiger partial charge < -0.3 is 19.9 Å². The number of hydrogen-bond donors (Lipinski definition) is 1. The van der Waals surface area contributed by atoms with Gasteiger partial charge in [0, 0.05) is 45.5 Å². The first kappa shape index (κ1) is 21.4. The van der Waals surface area contributed by atoms with Gasteiger partial charge in [-0.2, -0.15) is 5.10 Å². The van der Waals surface area contributed by atoms with E-state index in [2.05, 4.69) is 20.3 Å². The van der Waals surface area contributed by atoms with E-state index in [-0.39, 0.29) is 12.5 Å². The van der Waals surface area contributed by atoms with Crippen molar-refractivity contribution in [2.45, 2.75) is 13.0 Å². The molecule has 8 heteroatoms. The Labute approximate surface area is 188 Å². The molecule has 8 nitrogen and oxygen atoms in total. The number of nitrogens with zero attached hydrogens (tertiary/aromatic N) is 5. The summed E-state index contributed by atoms with van der Waals surface area (Å²) in [6, 6.07) is 17.7. The lowest BCUT2D eigenvalue weighted by Crippen LogP contribution is -2.42. The zero-order valence-electron chi connectivity index (χ0n) is 18.4. The largest absolute Gasteiger partial charge is 0.482 e. The van der Waals surface area contributed by atoms with E-state index in [1.807, 2.05) is 78.7 Å². The van der Waals surface area contributed by atoms with Crippen LogP contribution in [0.1, 0.15) is 12.0 Å². The molecule has 0 aliphatic carbocycles. The highest BCUT2D eigenvalue weighted by Crippen LogP contribution is 2.31. The van der Waals surface area contributed by atoms with Gasteiger partial charge in [0.1, 0.15) is 5.75 Å². The molecule has 2 aromatic carbocycles. The van der Waals surface area contributed by atoms with Gasteiger partial charge in [-0.15, -0.1) is 0 Å². The predicted octanol–water partition coefficient (Wildman–Crippen LogP) is 2.70. The number of aliphatic imine (C=N–C) groups is 1. The molecule has 1 N–H and O–H groups in total. The van der Waals surface area contributed by atoms with E-state index >= 15 is 0 Å². The monoisotopic (exact) mass is 432 g/mol. The molecule has 4 rings (SSSR count). The Kier molecular flexibility index (Phi) is 6.69. The molecule has 0 radical (unpaired) electrons. The fourth-order valence-electron chi connectivity index (χ4n) is 3.73. The summed E-state index contributed by atoms with van der Waals surface area (Å²) >= 11 is 0. The number of rotatable bonds is 7. The molecular formula is C24H28N6O2. The number of aromatic nitrogens is 2. The van der Waals surface area contributed by atoms with Crippen molar-refractivity contribution in [2.24, 2.45) is 4.99 Å². The van der Waals surface area contributed by atoms with Crippen LogP contribution in [0.25, 0.3) is 5.69 Å². The minimum absolute atomic E-state index is 0.0133. The minimum Gasteiger partial charge on any atom is -0.482 e. The first-order chi connectivity index (χ1) is 15.7. The highest BCUT2D eigenvalue weighted by Gasteiger charge is 2.24. The lowest BCUT2D eigenvalue weighted by Gasteiger charge is -2.29. The van der Waals surface area contributed by atoms with Crippen molar-refractivity contribution in [1.29, 1.82) is 0 Å². The number of carbonyl (C=O) groups excluding carboxylic acids is 1. The number of nitrogens with one attached hydrogen (secondary N) is 1. The summed E-state index contributed by atoms with van der Waals surface area (Å²) in [7, 11) is 3.77. The van der Waals surface area contributed by atoms with Crippen LogP contribution in [0.15, 0.2) is 72.0 Å². The van der Waals surface area contributed by atoms with Gasteiger partial charge in [-0.25, -0.2) is 4.68 Å². The van der Waals surface area contributed by atoms with Crippen molar-refractivity contribution in [3.63, 3.8) is 0 Å². The van der Waals surface area contributed by atoms with Crippen LogP contribution >= 0.6 is 0 Å². The Morgan fingerprint density at radius 3 is 2.78 bits per heavy atom. The summed E-state index contributed by atoms with van der Waals surface area (Å²) in [5, 5.41) is 7.85. The molecule has 32 heavy (non-hydrogen) atoms. The van der Waals surface area contributed by atoms with Crippen LogP contribution in [-0.4, -0.2) is 60.3 Å². The number of carbonyl (C=O) groups is 1. The average Bonchev–Trinajstić information content (AvgIpc) is 3.29. The van der Waals surface area contributed by atoms with Gasteiger partial charge in [0.2, 0.25) is 0 Å². The smallest absolute Gasteiger partial charge is 0.265 e. The van der Waals surface area contributed by atoms with Crippen molar-refractivity contribution in [2.75, 3.05) is 38.7 Å². The number of benzene rings is 2. The Hall–Kier alpha value is -3.81. The highest BCUT2D eigenvalue weighted by atomic mass is 16.5. The van der Waals surface area contributed by atoms with Crippen LogP contribution in [0.5, 0.6) is 5.75 Å². The SMILES string of the molecule is CN=C(NCCCN1C(=O)COc2ccccc21)N(C)Cc1cnn(-c2ccccc2)c1. The van der Waals surface area contributed by atoms with E-state index < -0.39 is 0 Å². The summed E-state index contributed by atoms with van der Waals surface area (Å²) in [5.74, 6) is 1.54. The molecule has 0 fully saturated rings. The van der Waals surface area contributed by atoms with E-state index in [9.17, 15) is 4.79 Å². The topological polar surface area (TPSA) is 75.0 Å². The maximum atomic E-state index is 12.3. The maximum Gasteiger partial charge on any atom is 0.265 e. The quantitative estimate of drug-likeness (QED) is 0.353. The third-order valence-corrected chi connectivity index (χ3v) is 5.30. The van der Waals surface area contributed by atoms with Crippen LogP contribution < -0.4 is 15.0 Å². The molecule has 1 aromatic heterocycles. The molecule has 0 spiro atoms. The van der Waals surface area contributed by atoms with Crippen LogP contribution in [0.3, 0.4) is 0 Å². The molecule has 0 saturated carbocycles. The van der Waals surface area contributed by atoms with Gasteiger partial charge in [0.25, 0.3) is 5.91 Å². The van der Waals surface area contributed by atoms with Crippen molar-refractivity contribution in [3.05, 3.63) is 72.6 Å². The Bertz CT molecular complexity index is 1080. The van der Waals surface area contributed by atoms with Gasteiger partial charge in [0.15, 0.2) is 12.6 Å². The van der Waals surface area contributed by atoms with Gasteiger partial charge in [0.05, 0.1) is 17.6 Å². The van der Waals surface area contributed by atoms with E-state index in [1.165, 1.54) is 0 Å². The van der Waals surface area contributed by atoms with Gasteiger partial charge in [-0.05, 0) is 30.7 Å². The standard InChI is InChI=1S/C24H28N6O2/c1-25-24(28(2)16-19-15-27-30(17-19)20-9-4-3-5-10-20)26-13-8-14-29-21-11-6-7-12-22(21)32-18-23(29)31/h3-7,9-12,15,17H,8,13-14,16,18H2,1-2H3,(H,25,26). The highest BCUT2D eigenvalue weighted by molar-refractivity contribution is 5.97. The third kappa shape index (κ3) is 4.91. The van der Waals surface area contributed by atoms with Crippen molar-refractivity contribution in [3.8, 4) is 11.4 Å². The van der Waals surface area contributed by atoms with E-state index in [0.29, 0.717) is 19.6 Å². The molecule has 1 aliphatic rings. The number of anilines is 1. The van der Waals surface area contributed by atoms with Gasteiger partial charge >= 0.3 is 0 Å². The second-order valence-electron chi connectivity index (χ2n) is 7.61. The average molecular weight is 433 g/mol. The Balaban J connectivity index is 1.28. The molecule has 0 saturated heterocycles. The summed E-state index contributed by atoms with van der Waals surface area (Å²) in [6.07, 6.45) is 4.69. The lowest BCUT2D eigenvalue weighted by molar-refractivity contribution is -0.121. The molecule has 1 amide bonds. The summed E-state index contributed by atoms with van der Waals surface area (Å²) < 4.78 is 7.38. The molecule has 1 aliphatic heterocycles. The molecule has 166 valence electrons. The summed E-state index contributed by atoms with van der Waals surface area (Å²) in [6.45, 7) is 2.09. The fraction of sp³-hybridized carbons (Fsp3) is 0.292. The zero-order chi connectivity index (χ0) is 22.3. The molecular weight excluding hydrogens is 404 g/mol. The van der Waals surface area contributed by atoms with E-state index in [0.717, 1.165) is 35.1 Å². The van der Waals surface area contributed by atoms with Gasteiger partial charge in [-0.1, -0.05) is 30.3 Å². The molecule has 0 bridgehead atoms.